The van der Waals surface area contributed by atoms with Crippen LogP contribution in [0.2, 0.25) is 0 Å². The summed E-state index contributed by atoms with van der Waals surface area (Å²) >= 11 is 0. The molecule has 2 heterocycles. The molecule has 0 saturated carbocycles. The number of likely N-dealkylation sites (tertiary alicyclic amines) is 1. The van der Waals surface area contributed by atoms with E-state index in [-0.39, 0.29) is 36.9 Å². The van der Waals surface area contributed by atoms with Gasteiger partial charge in [0.15, 0.2) is 11.6 Å². The Hall–Kier alpha value is -3.33. The average Bonchev–Trinajstić information content (AvgIpc) is 3.34. The maximum absolute atomic E-state index is 13.9. The number of rotatable bonds is 10. The maximum Gasteiger partial charge on any atom is 0.254 e. The molecule has 1 fully saturated rings. The number of hydrogen-bond acceptors (Lipinski definition) is 4. The van der Waals surface area contributed by atoms with E-state index in [1.54, 1.807) is 10.4 Å². The van der Waals surface area contributed by atoms with Crippen molar-refractivity contribution in [1.82, 2.24) is 15.3 Å². The molecule has 1 saturated heterocycles. The first kappa shape index (κ1) is 26.7. The minimum atomic E-state index is -1.09. The molecule has 0 aliphatic carbocycles. The Morgan fingerprint density at radius 3 is 2.46 bits per heavy atom. The Bertz CT molecular complexity index is 1170. The number of amides is 3. The summed E-state index contributed by atoms with van der Waals surface area (Å²) in [6.45, 7) is 5.19. The molecule has 3 amide bonds. The summed E-state index contributed by atoms with van der Waals surface area (Å²) in [5, 5.41) is 9.58. The summed E-state index contributed by atoms with van der Waals surface area (Å²) in [5.74, 6) is -4.11. The number of nitrogens with one attached hydrogen (secondary N) is 1. The smallest absolute Gasteiger partial charge is 0.254 e. The van der Waals surface area contributed by atoms with Crippen molar-refractivity contribution in [1.29, 1.82) is 0 Å². The van der Waals surface area contributed by atoms with Crippen molar-refractivity contribution in [2.45, 2.75) is 46.1 Å². The van der Waals surface area contributed by atoms with Crippen molar-refractivity contribution >= 4 is 17.7 Å². The summed E-state index contributed by atoms with van der Waals surface area (Å²) < 4.78 is 27.4. The summed E-state index contributed by atoms with van der Waals surface area (Å²) in [4.78, 5) is 42.9. The van der Waals surface area contributed by atoms with Gasteiger partial charge in [-0.15, -0.1) is 0 Å². The van der Waals surface area contributed by atoms with Crippen LogP contribution in [0.25, 0.3) is 0 Å². The van der Waals surface area contributed by atoms with Crippen LogP contribution < -0.4 is 5.48 Å². The molecule has 0 spiro atoms. The van der Waals surface area contributed by atoms with E-state index in [0.717, 1.165) is 17.7 Å². The van der Waals surface area contributed by atoms with E-state index in [1.807, 2.05) is 44.2 Å². The van der Waals surface area contributed by atoms with Gasteiger partial charge in [0.2, 0.25) is 11.8 Å². The largest absolute Gasteiger partial charge is 0.342 e. The third kappa shape index (κ3) is 5.37. The van der Waals surface area contributed by atoms with Crippen LogP contribution in [-0.2, 0) is 22.6 Å². The molecule has 7 nitrogen and oxygen atoms in total. The Balaban J connectivity index is 1.53. The first-order chi connectivity index (χ1) is 17.7. The zero-order valence-electron chi connectivity index (χ0n) is 21.2. The molecule has 4 rings (SSSR count). The van der Waals surface area contributed by atoms with Gasteiger partial charge < -0.3 is 9.80 Å². The van der Waals surface area contributed by atoms with E-state index in [0.29, 0.717) is 37.9 Å². The highest BCUT2D eigenvalue weighted by molar-refractivity contribution is 5.98. The topological polar surface area (TPSA) is 89.9 Å². The van der Waals surface area contributed by atoms with Gasteiger partial charge in [0, 0.05) is 31.7 Å². The van der Waals surface area contributed by atoms with Crippen molar-refractivity contribution in [3.8, 4) is 0 Å². The number of nitrogens with zero attached hydrogens (tertiary/aromatic N) is 2. The Kier molecular flexibility index (Phi) is 7.92. The molecular formula is C28H33F2N3O4. The predicted molar refractivity (Wildman–Crippen MR) is 132 cm³/mol. The number of halogens is 2. The van der Waals surface area contributed by atoms with Gasteiger partial charge in [0.05, 0.1) is 11.3 Å². The van der Waals surface area contributed by atoms with Gasteiger partial charge in [-0.1, -0.05) is 44.2 Å². The fourth-order valence-electron chi connectivity index (χ4n) is 5.93. The Morgan fingerprint density at radius 2 is 1.78 bits per heavy atom. The first-order valence-electron chi connectivity index (χ1n) is 12.7. The average molecular weight is 514 g/mol. The molecule has 2 aliphatic heterocycles. The number of carbonyl (C=O) groups excluding carboxylic acids is 3. The Morgan fingerprint density at radius 1 is 1.08 bits per heavy atom. The number of hydroxylamine groups is 1. The van der Waals surface area contributed by atoms with Crippen LogP contribution in [-0.4, -0.2) is 52.4 Å². The molecule has 2 aromatic rings. The lowest BCUT2D eigenvalue weighted by Gasteiger charge is -2.37. The predicted octanol–water partition coefficient (Wildman–Crippen LogP) is 3.94. The lowest BCUT2D eigenvalue weighted by atomic mass is 9.67. The van der Waals surface area contributed by atoms with E-state index in [1.165, 1.54) is 4.90 Å². The van der Waals surface area contributed by atoms with Crippen molar-refractivity contribution in [2.24, 2.45) is 17.3 Å². The number of carbonyl (C=O) groups is 3. The summed E-state index contributed by atoms with van der Waals surface area (Å²) in [5.41, 5.74) is 2.31. The fraction of sp³-hybridized carbons (Fsp3) is 0.464. The summed E-state index contributed by atoms with van der Waals surface area (Å²) in [6, 6.07) is 11.8. The molecule has 0 aromatic heterocycles. The zero-order valence-corrected chi connectivity index (χ0v) is 21.2. The standard InChI is InChI=1S/C28H33F2N3O4/c1-18(2)16-28(10-13-32(27(28)36)11-8-19-6-4-3-5-7-19)22(25(34)31-37)9-12-33-17-20-14-23(29)24(30)15-21(20)26(33)35/h3-7,14-15,18,22,37H,8-13,16-17H2,1-2H3,(H,31,34)/t22-,28+/m0/s1. The molecule has 2 aromatic carbocycles. The van der Waals surface area contributed by atoms with Crippen LogP contribution in [0, 0.1) is 28.9 Å². The van der Waals surface area contributed by atoms with E-state index in [4.69, 9.17) is 0 Å². The third-order valence-electron chi connectivity index (χ3n) is 7.63. The highest BCUT2D eigenvalue weighted by Crippen LogP contribution is 2.46. The minimum Gasteiger partial charge on any atom is -0.342 e. The lowest BCUT2D eigenvalue weighted by Crippen LogP contribution is -2.48. The second kappa shape index (κ2) is 11.0. The summed E-state index contributed by atoms with van der Waals surface area (Å²) in [6.07, 6.45) is 1.73. The zero-order chi connectivity index (χ0) is 26.7. The van der Waals surface area contributed by atoms with Crippen molar-refractivity contribution in [3.63, 3.8) is 0 Å². The fourth-order valence-corrected chi connectivity index (χ4v) is 5.93. The van der Waals surface area contributed by atoms with E-state index in [2.05, 4.69) is 0 Å². The normalized spacial score (nSPS) is 20.1. The number of fused-ring (bicyclic) bond motifs is 1. The molecule has 0 unspecified atom stereocenters. The van der Waals surface area contributed by atoms with Crippen LogP contribution in [0.4, 0.5) is 8.78 Å². The monoisotopic (exact) mass is 513 g/mol. The molecule has 198 valence electrons. The molecule has 37 heavy (non-hydrogen) atoms. The van der Waals surface area contributed by atoms with Crippen LogP contribution in [0.15, 0.2) is 42.5 Å². The van der Waals surface area contributed by atoms with Gasteiger partial charge in [0.1, 0.15) is 0 Å². The highest BCUT2D eigenvalue weighted by atomic mass is 19.2. The molecule has 9 heteroatoms. The number of hydrogen-bond donors (Lipinski definition) is 2. The van der Waals surface area contributed by atoms with Crippen molar-refractivity contribution in [2.75, 3.05) is 19.6 Å². The van der Waals surface area contributed by atoms with Gasteiger partial charge in [-0.3, -0.25) is 19.6 Å². The molecule has 2 atom stereocenters. The Labute approximate surface area is 215 Å². The molecule has 2 N–H and O–H groups in total. The first-order valence-corrected chi connectivity index (χ1v) is 12.7. The van der Waals surface area contributed by atoms with Crippen LogP contribution >= 0.6 is 0 Å². The third-order valence-corrected chi connectivity index (χ3v) is 7.63. The molecular weight excluding hydrogens is 480 g/mol. The molecule has 2 aliphatic rings. The SMILES string of the molecule is CC(C)C[C@@]1([C@@H](CCN2Cc3cc(F)c(F)cc3C2=O)C(=O)NO)CCN(CCc2ccccc2)C1=O. The van der Waals surface area contributed by atoms with Gasteiger partial charge in [0.25, 0.3) is 5.91 Å². The molecule has 0 radical (unpaired) electrons. The van der Waals surface area contributed by atoms with Crippen molar-refractivity contribution in [3.05, 3.63) is 70.8 Å². The van der Waals surface area contributed by atoms with E-state index >= 15 is 0 Å². The van der Waals surface area contributed by atoms with E-state index in [9.17, 15) is 28.4 Å². The maximum atomic E-state index is 13.9. The second-order valence-electron chi connectivity index (χ2n) is 10.5. The van der Waals surface area contributed by atoms with Crippen LogP contribution in [0.3, 0.4) is 0 Å². The minimum absolute atomic E-state index is 0.0904. The second-order valence-corrected chi connectivity index (χ2v) is 10.5. The summed E-state index contributed by atoms with van der Waals surface area (Å²) in [7, 11) is 0. The van der Waals surface area contributed by atoms with Gasteiger partial charge in [-0.2, -0.15) is 0 Å². The van der Waals surface area contributed by atoms with E-state index < -0.39 is 34.8 Å². The van der Waals surface area contributed by atoms with Crippen molar-refractivity contribution < 1.29 is 28.4 Å². The van der Waals surface area contributed by atoms with Crippen LogP contribution in [0.1, 0.15) is 54.6 Å². The van der Waals surface area contributed by atoms with Gasteiger partial charge in [-0.05, 0) is 54.9 Å². The molecule has 0 bridgehead atoms. The lowest BCUT2D eigenvalue weighted by molar-refractivity contribution is -0.150. The van der Waals surface area contributed by atoms with Gasteiger partial charge >= 0.3 is 0 Å². The highest BCUT2D eigenvalue weighted by Gasteiger charge is 2.54. The van der Waals surface area contributed by atoms with Crippen LogP contribution in [0.5, 0.6) is 0 Å². The number of benzene rings is 2. The van der Waals surface area contributed by atoms with Gasteiger partial charge in [-0.25, -0.2) is 14.3 Å². The quantitative estimate of drug-likeness (QED) is 0.372.